The van der Waals surface area contributed by atoms with Gasteiger partial charge < -0.3 is 4.84 Å². The Balaban J connectivity index is 3.70. The summed E-state index contributed by atoms with van der Waals surface area (Å²) >= 11 is 0. The summed E-state index contributed by atoms with van der Waals surface area (Å²) in [6.07, 6.45) is 1.66. The van der Waals surface area contributed by atoms with Crippen LogP contribution in [0.1, 0.15) is 34.6 Å². The van der Waals surface area contributed by atoms with Gasteiger partial charge in [0.1, 0.15) is 6.61 Å². The van der Waals surface area contributed by atoms with Crippen LogP contribution in [-0.2, 0) is 4.84 Å². The van der Waals surface area contributed by atoms with E-state index in [4.69, 9.17) is 4.84 Å². The van der Waals surface area contributed by atoms with Gasteiger partial charge in [0.25, 0.3) is 0 Å². The Morgan fingerprint density at radius 3 is 2.15 bits per heavy atom. The van der Waals surface area contributed by atoms with E-state index >= 15 is 0 Å². The SMILES string of the molecule is C/C=N/OCCN(C(C)C)C(C)C. The quantitative estimate of drug-likeness (QED) is 0.360. The van der Waals surface area contributed by atoms with Gasteiger partial charge in [-0.05, 0) is 34.6 Å². The lowest BCUT2D eigenvalue weighted by Crippen LogP contribution is -2.39. The molecule has 0 aromatic rings. The molecule has 3 nitrogen and oxygen atoms in total. The van der Waals surface area contributed by atoms with Gasteiger partial charge in [-0.25, -0.2) is 0 Å². The number of hydrogen-bond donors (Lipinski definition) is 0. The molecule has 13 heavy (non-hydrogen) atoms. The number of rotatable bonds is 6. The van der Waals surface area contributed by atoms with Crippen molar-refractivity contribution in [3.8, 4) is 0 Å². The predicted octanol–water partition coefficient (Wildman–Crippen LogP) is 2.13. The first kappa shape index (κ1) is 12.4. The van der Waals surface area contributed by atoms with Crippen molar-refractivity contribution >= 4 is 6.21 Å². The second kappa shape index (κ2) is 6.89. The Morgan fingerprint density at radius 1 is 1.23 bits per heavy atom. The highest BCUT2D eigenvalue weighted by molar-refractivity contribution is 5.52. The van der Waals surface area contributed by atoms with Crippen LogP contribution in [0.25, 0.3) is 0 Å². The second-order valence-corrected chi connectivity index (χ2v) is 3.62. The van der Waals surface area contributed by atoms with E-state index in [1.54, 1.807) is 6.21 Å². The van der Waals surface area contributed by atoms with Crippen molar-refractivity contribution in [3.63, 3.8) is 0 Å². The molecular formula is C10H22N2O. The van der Waals surface area contributed by atoms with Crippen molar-refractivity contribution < 1.29 is 4.84 Å². The lowest BCUT2D eigenvalue weighted by atomic mass is 10.2. The molecular weight excluding hydrogens is 164 g/mol. The molecule has 0 aliphatic heterocycles. The first-order chi connectivity index (χ1) is 6.09. The van der Waals surface area contributed by atoms with Crippen molar-refractivity contribution in [3.05, 3.63) is 0 Å². The minimum Gasteiger partial charge on any atom is -0.395 e. The third-order valence-electron chi connectivity index (χ3n) is 1.95. The first-order valence-corrected chi connectivity index (χ1v) is 4.95. The van der Waals surface area contributed by atoms with Crippen molar-refractivity contribution in [1.82, 2.24) is 4.90 Å². The molecule has 0 aromatic heterocycles. The standard InChI is InChI=1S/C10H22N2O/c1-6-11-13-8-7-12(9(2)3)10(4)5/h6,9-10H,7-8H2,1-5H3/b11-6+. The zero-order chi connectivity index (χ0) is 10.3. The summed E-state index contributed by atoms with van der Waals surface area (Å²) in [5.74, 6) is 0. The minimum atomic E-state index is 0.564. The second-order valence-electron chi connectivity index (χ2n) is 3.62. The summed E-state index contributed by atoms with van der Waals surface area (Å²) < 4.78 is 0. The minimum absolute atomic E-state index is 0.564. The summed E-state index contributed by atoms with van der Waals surface area (Å²) in [7, 11) is 0. The molecule has 0 amide bonds. The molecule has 0 saturated heterocycles. The largest absolute Gasteiger partial charge is 0.395 e. The smallest absolute Gasteiger partial charge is 0.129 e. The molecule has 0 spiro atoms. The van der Waals surface area contributed by atoms with Gasteiger partial charge in [0.2, 0.25) is 0 Å². The van der Waals surface area contributed by atoms with E-state index in [0.29, 0.717) is 18.7 Å². The molecule has 0 unspecified atom stereocenters. The maximum absolute atomic E-state index is 5.04. The van der Waals surface area contributed by atoms with E-state index in [-0.39, 0.29) is 0 Å². The maximum Gasteiger partial charge on any atom is 0.129 e. The fourth-order valence-electron chi connectivity index (χ4n) is 1.39. The topological polar surface area (TPSA) is 24.8 Å². The molecule has 0 aliphatic carbocycles. The van der Waals surface area contributed by atoms with E-state index in [1.807, 2.05) is 6.92 Å². The summed E-state index contributed by atoms with van der Waals surface area (Å²) in [6.45, 7) is 12.2. The molecule has 0 saturated carbocycles. The highest BCUT2D eigenvalue weighted by Crippen LogP contribution is 2.03. The summed E-state index contributed by atoms with van der Waals surface area (Å²) in [5, 5.41) is 3.71. The van der Waals surface area contributed by atoms with Crippen molar-refractivity contribution in [2.24, 2.45) is 5.16 Å². The van der Waals surface area contributed by atoms with Crippen LogP contribution in [0, 0.1) is 0 Å². The Kier molecular flexibility index (Phi) is 6.59. The van der Waals surface area contributed by atoms with Crippen molar-refractivity contribution in [2.45, 2.75) is 46.7 Å². The van der Waals surface area contributed by atoms with Crippen LogP contribution in [-0.4, -0.2) is 36.3 Å². The molecule has 0 bridgehead atoms. The van der Waals surface area contributed by atoms with Crippen LogP contribution in [0.15, 0.2) is 5.16 Å². The van der Waals surface area contributed by atoms with Crippen LogP contribution in [0.5, 0.6) is 0 Å². The zero-order valence-electron chi connectivity index (χ0n) is 9.45. The zero-order valence-corrected chi connectivity index (χ0v) is 9.45. The highest BCUT2D eigenvalue weighted by Gasteiger charge is 2.12. The van der Waals surface area contributed by atoms with E-state index < -0.39 is 0 Å². The van der Waals surface area contributed by atoms with E-state index in [0.717, 1.165) is 6.54 Å². The van der Waals surface area contributed by atoms with Gasteiger partial charge in [0, 0.05) is 24.8 Å². The van der Waals surface area contributed by atoms with E-state index in [9.17, 15) is 0 Å². The van der Waals surface area contributed by atoms with Gasteiger partial charge >= 0.3 is 0 Å². The predicted molar refractivity (Wildman–Crippen MR) is 57.1 cm³/mol. The average molecular weight is 186 g/mol. The molecule has 0 heterocycles. The number of nitrogens with zero attached hydrogens (tertiary/aromatic N) is 2. The van der Waals surface area contributed by atoms with Gasteiger partial charge in [-0.3, -0.25) is 4.90 Å². The number of hydrogen-bond acceptors (Lipinski definition) is 3. The van der Waals surface area contributed by atoms with Crippen molar-refractivity contribution in [2.75, 3.05) is 13.2 Å². The highest BCUT2D eigenvalue weighted by atomic mass is 16.6. The van der Waals surface area contributed by atoms with Crippen LogP contribution in [0.2, 0.25) is 0 Å². The molecule has 78 valence electrons. The van der Waals surface area contributed by atoms with E-state index in [1.165, 1.54) is 0 Å². The van der Waals surface area contributed by atoms with Gasteiger partial charge in [-0.1, -0.05) is 5.16 Å². The summed E-state index contributed by atoms with van der Waals surface area (Å²) in [4.78, 5) is 7.42. The normalized spacial score (nSPS) is 12.3. The molecule has 0 rings (SSSR count). The number of oxime groups is 1. The van der Waals surface area contributed by atoms with Gasteiger partial charge in [0.05, 0.1) is 0 Å². The Hall–Kier alpha value is -0.570. The third-order valence-corrected chi connectivity index (χ3v) is 1.95. The molecule has 0 fully saturated rings. The summed E-state index contributed by atoms with van der Waals surface area (Å²) in [5.41, 5.74) is 0. The van der Waals surface area contributed by atoms with Crippen LogP contribution < -0.4 is 0 Å². The lowest BCUT2D eigenvalue weighted by molar-refractivity contribution is 0.0835. The molecule has 0 N–H and O–H groups in total. The van der Waals surface area contributed by atoms with Gasteiger partial charge in [0.15, 0.2) is 0 Å². The summed E-state index contributed by atoms with van der Waals surface area (Å²) in [6, 6.07) is 1.13. The fraction of sp³-hybridized carbons (Fsp3) is 0.900. The molecule has 3 heteroatoms. The Labute approximate surface area is 81.7 Å². The van der Waals surface area contributed by atoms with E-state index in [2.05, 4.69) is 37.8 Å². The Bertz CT molecular complexity index is 136. The molecule has 0 aliphatic rings. The third kappa shape index (κ3) is 5.64. The lowest BCUT2D eigenvalue weighted by Gasteiger charge is -2.29. The first-order valence-electron chi connectivity index (χ1n) is 4.95. The van der Waals surface area contributed by atoms with Crippen LogP contribution in [0.4, 0.5) is 0 Å². The van der Waals surface area contributed by atoms with Crippen LogP contribution >= 0.6 is 0 Å². The maximum atomic E-state index is 5.04. The average Bonchev–Trinajstić information content (AvgIpc) is 2.02. The van der Waals surface area contributed by atoms with Gasteiger partial charge in [-0.2, -0.15) is 0 Å². The Morgan fingerprint density at radius 2 is 1.77 bits per heavy atom. The van der Waals surface area contributed by atoms with Gasteiger partial charge in [-0.15, -0.1) is 0 Å². The monoisotopic (exact) mass is 186 g/mol. The van der Waals surface area contributed by atoms with Crippen molar-refractivity contribution in [1.29, 1.82) is 0 Å². The van der Waals surface area contributed by atoms with Crippen LogP contribution in [0.3, 0.4) is 0 Å². The fourth-order valence-corrected chi connectivity index (χ4v) is 1.39. The molecule has 0 radical (unpaired) electrons. The molecule has 0 aromatic carbocycles. The molecule has 0 atom stereocenters.